The number of fused-ring (bicyclic) bond motifs is 1. The summed E-state index contributed by atoms with van der Waals surface area (Å²) in [5.41, 5.74) is -0.300. The molecule has 0 amide bonds. The summed E-state index contributed by atoms with van der Waals surface area (Å²) >= 11 is 3.08. The summed E-state index contributed by atoms with van der Waals surface area (Å²) in [6, 6.07) is 2.13. The van der Waals surface area contributed by atoms with Gasteiger partial charge in [-0.3, -0.25) is 4.21 Å². The van der Waals surface area contributed by atoms with Crippen molar-refractivity contribution in [2.45, 2.75) is 18.7 Å². The van der Waals surface area contributed by atoms with Gasteiger partial charge in [0.2, 0.25) is 10.0 Å². The van der Waals surface area contributed by atoms with Crippen molar-refractivity contribution in [3.63, 3.8) is 0 Å². The third-order valence-electron chi connectivity index (χ3n) is 3.07. The topological polar surface area (TPSA) is 113 Å². The first-order chi connectivity index (χ1) is 10.2. The fourth-order valence-electron chi connectivity index (χ4n) is 2.04. The monoisotopic (exact) mass is 367 g/mol. The quantitative estimate of drug-likeness (QED) is 0.726. The normalized spacial score (nSPS) is 13.9. The van der Waals surface area contributed by atoms with E-state index in [2.05, 4.69) is 0 Å². The number of oxazole rings is 1. The highest BCUT2D eigenvalue weighted by Gasteiger charge is 2.26. The molecule has 0 fully saturated rings. The molecule has 0 radical (unpaired) electrons. The summed E-state index contributed by atoms with van der Waals surface area (Å²) in [6.45, 7) is 3.82. The summed E-state index contributed by atoms with van der Waals surface area (Å²) in [6.07, 6.45) is 0. The number of hydrogen-bond donors (Lipinski definition) is 0. The average Bonchev–Trinajstić information content (AvgIpc) is 2.73. The molecule has 11 heteroatoms. The van der Waals surface area contributed by atoms with Gasteiger partial charge in [0.05, 0.1) is 16.3 Å². The lowest BCUT2D eigenvalue weighted by molar-refractivity contribution is 0.445. The van der Waals surface area contributed by atoms with E-state index in [4.69, 9.17) is 16.0 Å². The molecule has 0 N–H and O–H groups in total. The molecule has 1 unspecified atom stereocenters. The van der Waals surface area contributed by atoms with Gasteiger partial charge in [0.25, 0.3) is 0 Å². The number of nitrogens with zero attached hydrogens (tertiary/aromatic N) is 2. The van der Waals surface area contributed by atoms with E-state index in [0.29, 0.717) is 3.97 Å². The zero-order valence-corrected chi connectivity index (χ0v) is 14.0. The number of hydrogen-bond acceptors (Lipinski definition) is 6. The predicted molar refractivity (Wildman–Crippen MR) is 79.9 cm³/mol. The van der Waals surface area contributed by atoms with Crippen LogP contribution in [0.15, 0.2) is 26.2 Å². The molecule has 0 saturated carbocycles. The van der Waals surface area contributed by atoms with Crippen LogP contribution in [-0.4, -0.2) is 38.5 Å². The number of sulfonamides is 1. The van der Waals surface area contributed by atoms with Crippen molar-refractivity contribution in [1.82, 2.24) is 8.28 Å². The van der Waals surface area contributed by atoms with E-state index in [1.807, 2.05) is 0 Å². The maximum absolute atomic E-state index is 12.5. The molecule has 0 aliphatic heterocycles. The van der Waals surface area contributed by atoms with Gasteiger partial charge >= 0.3 is 5.76 Å². The van der Waals surface area contributed by atoms with Crippen LogP contribution < -0.4 is 5.76 Å². The molecule has 0 aliphatic rings. The Kier molecular flexibility index (Phi) is 4.78. The van der Waals surface area contributed by atoms with Crippen LogP contribution in [-0.2, 0) is 21.3 Å². The highest BCUT2D eigenvalue weighted by atomic mass is 35.5. The minimum atomic E-state index is -3.87. The molecule has 0 aliphatic carbocycles. The molecule has 22 heavy (non-hydrogen) atoms. The lowest BCUT2D eigenvalue weighted by atomic mass is 10.3. The van der Waals surface area contributed by atoms with Crippen LogP contribution in [0.2, 0.25) is 5.02 Å². The molecule has 1 aromatic carbocycles. The summed E-state index contributed by atoms with van der Waals surface area (Å²) in [5, 5.41) is -0.195. The van der Waals surface area contributed by atoms with Gasteiger partial charge in [-0.25, -0.2) is 17.2 Å². The zero-order valence-electron chi connectivity index (χ0n) is 11.6. The van der Waals surface area contributed by atoms with Gasteiger partial charge in [0.1, 0.15) is 10.4 Å². The first kappa shape index (κ1) is 17.2. The van der Waals surface area contributed by atoms with Gasteiger partial charge in [-0.05, 0) is 6.07 Å². The second-order valence-corrected chi connectivity index (χ2v) is 7.33. The lowest BCUT2D eigenvalue weighted by Gasteiger charge is -2.19. The predicted octanol–water partition coefficient (Wildman–Crippen LogP) is 0.921. The van der Waals surface area contributed by atoms with Gasteiger partial charge in [0.15, 0.2) is 5.58 Å². The summed E-state index contributed by atoms with van der Waals surface area (Å²) in [7, 11) is -3.87. The molecule has 122 valence electrons. The molecular formula is C11H12ClN2O6S2-. The molecular weight excluding hydrogens is 356 g/mol. The Balaban J connectivity index is 2.77. The van der Waals surface area contributed by atoms with E-state index >= 15 is 0 Å². The number of benzene rings is 1. The third-order valence-corrected chi connectivity index (χ3v) is 6.23. The zero-order chi connectivity index (χ0) is 16.7. The minimum Gasteiger partial charge on any atom is -0.755 e. The maximum Gasteiger partial charge on any atom is 0.431 e. The van der Waals surface area contributed by atoms with Crippen LogP contribution in [0.25, 0.3) is 11.1 Å². The van der Waals surface area contributed by atoms with Crippen LogP contribution in [0.4, 0.5) is 0 Å². The van der Waals surface area contributed by atoms with Crippen LogP contribution >= 0.6 is 11.6 Å². The third kappa shape index (κ3) is 2.72. The Labute approximate surface area is 133 Å². The van der Waals surface area contributed by atoms with Crippen molar-refractivity contribution >= 4 is 44.0 Å². The fraction of sp³-hybridized carbons (Fsp3) is 0.364. The maximum atomic E-state index is 12.5. The van der Waals surface area contributed by atoms with E-state index in [9.17, 15) is 22.0 Å². The van der Waals surface area contributed by atoms with E-state index in [1.165, 1.54) is 4.31 Å². The van der Waals surface area contributed by atoms with Gasteiger partial charge in [0, 0.05) is 19.2 Å². The standard InChI is InChI=1S/C11H13ClN2O6S2/c1-3-13(4-2)22(18,19)10-6-9-8(5-7(10)12)14(21(16)17)11(15)20-9/h5-6H,3-4H2,1-2H3,(H,16,17)/p-1. The molecule has 0 spiro atoms. The first-order valence-electron chi connectivity index (χ1n) is 6.19. The van der Waals surface area contributed by atoms with Crippen molar-refractivity contribution in [3.05, 3.63) is 27.7 Å². The number of aromatic nitrogens is 1. The van der Waals surface area contributed by atoms with E-state index < -0.39 is 27.0 Å². The first-order valence-corrected chi connectivity index (χ1v) is 9.04. The van der Waals surface area contributed by atoms with E-state index in [-0.39, 0.29) is 34.1 Å². The SMILES string of the molecule is CCN(CC)S(=O)(=O)c1cc2oc(=O)n(S(=O)[O-])c2cc1Cl. The minimum absolute atomic E-state index is 0.123. The van der Waals surface area contributed by atoms with Crippen molar-refractivity contribution < 1.29 is 21.6 Å². The molecule has 1 aromatic heterocycles. The lowest BCUT2D eigenvalue weighted by Crippen LogP contribution is -2.30. The van der Waals surface area contributed by atoms with Gasteiger partial charge in [-0.2, -0.15) is 4.31 Å². The van der Waals surface area contributed by atoms with Gasteiger partial charge in [-0.15, -0.1) is 0 Å². The molecule has 1 atom stereocenters. The average molecular weight is 368 g/mol. The Morgan fingerprint density at radius 2 is 1.95 bits per heavy atom. The number of rotatable bonds is 5. The molecule has 2 aromatic rings. The van der Waals surface area contributed by atoms with E-state index in [1.54, 1.807) is 13.8 Å². The Morgan fingerprint density at radius 1 is 1.36 bits per heavy atom. The second-order valence-electron chi connectivity index (χ2n) is 4.22. The molecule has 8 nitrogen and oxygen atoms in total. The van der Waals surface area contributed by atoms with Crippen LogP contribution in [0.3, 0.4) is 0 Å². The highest BCUT2D eigenvalue weighted by molar-refractivity contribution is 7.89. The van der Waals surface area contributed by atoms with Crippen LogP contribution in [0.5, 0.6) is 0 Å². The van der Waals surface area contributed by atoms with E-state index in [0.717, 1.165) is 12.1 Å². The van der Waals surface area contributed by atoms with Crippen molar-refractivity contribution in [2.24, 2.45) is 0 Å². The molecule has 0 bridgehead atoms. The summed E-state index contributed by atoms with van der Waals surface area (Å²) in [4.78, 5) is 11.3. The van der Waals surface area contributed by atoms with Crippen LogP contribution in [0.1, 0.15) is 13.8 Å². The van der Waals surface area contributed by atoms with Crippen molar-refractivity contribution in [1.29, 1.82) is 0 Å². The van der Waals surface area contributed by atoms with Crippen LogP contribution in [0, 0.1) is 0 Å². The summed E-state index contributed by atoms with van der Waals surface area (Å²) in [5.74, 6) is -1.14. The van der Waals surface area contributed by atoms with Crippen molar-refractivity contribution in [2.75, 3.05) is 13.1 Å². The van der Waals surface area contributed by atoms with Gasteiger partial charge < -0.3 is 8.97 Å². The Morgan fingerprint density at radius 3 is 2.45 bits per heavy atom. The Hall–Kier alpha value is -1.20. The second kappa shape index (κ2) is 6.13. The van der Waals surface area contributed by atoms with Crippen molar-refractivity contribution in [3.8, 4) is 0 Å². The molecule has 2 rings (SSSR count). The Bertz CT molecular complexity index is 897. The highest BCUT2D eigenvalue weighted by Crippen LogP contribution is 2.29. The molecule has 0 saturated heterocycles. The smallest absolute Gasteiger partial charge is 0.431 e. The largest absolute Gasteiger partial charge is 0.755 e. The number of halogens is 1. The van der Waals surface area contributed by atoms with Gasteiger partial charge in [-0.1, -0.05) is 25.4 Å². The fourth-order valence-corrected chi connectivity index (χ4v) is 4.47. The summed E-state index contributed by atoms with van der Waals surface area (Å²) < 4.78 is 53.3. The molecule has 1 heterocycles.